The summed E-state index contributed by atoms with van der Waals surface area (Å²) in [5.41, 5.74) is 5.17. The smallest absolute Gasteiger partial charge is 0.0510 e. The quantitative estimate of drug-likeness (QED) is 0.910. The lowest BCUT2D eigenvalue weighted by molar-refractivity contribution is 0.597. The minimum atomic E-state index is 0.410. The molecule has 110 valence electrons. The number of halogens is 1. The van der Waals surface area contributed by atoms with E-state index in [9.17, 15) is 0 Å². The molecule has 2 aromatic rings. The first kappa shape index (κ1) is 14.6. The Labute approximate surface area is 131 Å². The number of fused-ring (bicyclic) bond motifs is 1. The number of nitrogens with one attached hydrogen (secondary N) is 1. The second kappa shape index (κ2) is 6.59. The zero-order chi connectivity index (χ0) is 14.7. The zero-order valence-electron chi connectivity index (χ0n) is 12.4. The lowest BCUT2D eigenvalue weighted by Gasteiger charge is -2.25. The first-order valence-electron chi connectivity index (χ1n) is 7.72. The monoisotopic (exact) mass is 300 g/mol. The Morgan fingerprint density at radius 1 is 1.33 bits per heavy atom. The molecule has 21 heavy (non-hydrogen) atoms. The standard InChI is InChI=1S/C18H21ClN2/c1-2-20-12-15-11-14(8-9-17(15)19)16-7-3-5-13-6-4-10-21-18(13)16/h4,6,8-11,16,20H,2-3,5,7,12H2,1H3. The van der Waals surface area contributed by atoms with E-state index >= 15 is 0 Å². The van der Waals surface area contributed by atoms with Gasteiger partial charge in [0.25, 0.3) is 0 Å². The van der Waals surface area contributed by atoms with Crippen molar-refractivity contribution in [3.63, 3.8) is 0 Å². The van der Waals surface area contributed by atoms with Gasteiger partial charge in [-0.2, -0.15) is 0 Å². The number of aryl methyl sites for hydroxylation is 1. The van der Waals surface area contributed by atoms with Gasteiger partial charge in [0.2, 0.25) is 0 Å². The molecule has 3 rings (SSSR count). The lowest BCUT2D eigenvalue weighted by Crippen LogP contribution is -2.15. The molecule has 0 spiro atoms. The predicted octanol–water partition coefficient (Wildman–Crippen LogP) is 4.31. The first-order valence-corrected chi connectivity index (χ1v) is 8.10. The molecular formula is C18H21ClN2. The van der Waals surface area contributed by atoms with Crippen molar-refractivity contribution in [3.05, 3.63) is 63.9 Å². The molecule has 0 saturated heterocycles. The summed E-state index contributed by atoms with van der Waals surface area (Å²) in [6, 6.07) is 10.7. The highest BCUT2D eigenvalue weighted by Gasteiger charge is 2.23. The van der Waals surface area contributed by atoms with Gasteiger partial charge in [-0.15, -0.1) is 0 Å². The van der Waals surface area contributed by atoms with Gasteiger partial charge in [0.1, 0.15) is 0 Å². The third-order valence-electron chi connectivity index (χ3n) is 4.23. The Balaban J connectivity index is 1.94. The Hall–Kier alpha value is -1.38. The topological polar surface area (TPSA) is 24.9 Å². The van der Waals surface area contributed by atoms with Crippen molar-refractivity contribution in [3.8, 4) is 0 Å². The van der Waals surface area contributed by atoms with Gasteiger partial charge in [-0.25, -0.2) is 0 Å². The molecule has 0 saturated carbocycles. The van der Waals surface area contributed by atoms with Crippen LogP contribution < -0.4 is 5.32 Å². The van der Waals surface area contributed by atoms with E-state index in [1.54, 1.807) is 0 Å². The van der Waals surface area contributed by atoms with Crippen molar-refractivity contribution < 1.29 is 0 Å². The van der Waals surface area contributed by atoms with Crippen LogP contribution in [0.4, 0.5) is 0 Å². The molecule has 0 bridgehead atoms. The SMILES string of the molecule is CCNCc1cc(C2CCCc3cccnc32)ccc1Cl. The summed E-state index contributed by atoms with van der Waals surface area (Å²) in [5.74, 6) is 0.410. The molecule has 1 unspecified atom stereocenters. The van der Waals surface area contributed by atoms with Gasteiger partial charge in [0.05, 0.1) is 5.69 Å². The van der Waals surface area contributed by atoms with Gasteiger partial charge in [0.15, 0.2) is 0 Å². The number of rotatable bonds is 4. The fourth-order valence-electron chi connectivity index (χ4n) is 3.14. The van der Waals surface area contributed by atoms with Crippen LogP contribution in [-0.2, 0) is 13.0 Å². The average molecular weight is 301 g/mol. The fraction of sp³-hybridized carbons (Fsp3) is 0.389. The second-order valence-electron chi connectivity index (χ2n) is 5.62. The summed E-state index contributed by atoms with van der Waals surface area (Å²) in [4.78, 5) is 4.64. The van der Waals surface area contributed by atoms with Gasteiger partial charge in [-0.1, -0.05) is 36.7 Å². The molecule has 1 aliphatic rings. The molecule has 1 heterocycles. The van der Waals surface area contributed by atoms with Crippen molar-refractivity contribution in [2.24, 2.45) is 0 Å². The van der Waals surface area contributed by atoms with E-state index in [4.69, 9.17) is 11.6 Å². The van der Waals surface area contributed by atoms with Gasteiger partial charge >= 0.3 is 0 Å². The highest BCUT2D eigenvalue weighted by Crippen LogP contribution is 2.36. The molecule has 1 atom stereocenters. The molecule has 3 heteroatoms. The molecule has 1 aromatic heterocycles. The van der Waals surface area contributed by atoms with E-state index in [1.807, 2.05) is 18.3 Å². The lowest BCUT2D eigenvalue weighted by atomic mass is 9.82. The summed E-state index contributed by atoms with van der Waals surface area (Å²) in [6.07, 6.45) is 5.46. The third kappa shape index (κ3) is 3.12. The molecule has 0 radical (unpaired) electrons. The van der Waals surface area contributed by atoms with Crippen molar-refractivity contribution in [2.75, 3.05) is 6.54 Å². The molecule has 0 aliphatic heterocycles. The summed E-state index contributed by atoms with van der Waals surface area (Å²) >= 11 is 6.32. The van der Waals surface area contributed by atoms with E-state index in [0.717, 1.165) is 24.5 Å². The van der Waals surface area contributed by atoms with Gasteiger partial charge in [0, 0.05) is 23.7 Å². The first-order chi connectivity index (χ1) is 10.3. The van der Waals surface area contributed by atoms with Crippen LogP contribution in [-0.4, -0.2) is 11.5 Å². The number of hydrogen-bond acceptors (Lipinski definition) is 2. The average Bonchev–Trinajstić information content (AvgIpc) is 2.54. The molecule has 1 aromatic carbocycles. The number of aromatic nitrogens is 1. The number of benzene rings is 1. The summed E-state index contributed by atoms with van der Waals surface area (Å²) in [5, 5.41) is 4.20. The molecule has 1 N–H and O–H groups in total. The molecule has 2 nitrogen and oxygen atoms in total. The maximum atomic E-state index is 6.32. The van der Waals surface area contributed by atoms with Crippen LogP contribution in [0.3, 0.4) is 0 Å². The highest BCUT2D eigenvalue weighted by atomic mass is 35.5. The highest BCUT2D eigenvalue weighted by molar-refractivity contribution is 6.31. The van der Waals surface area contributed by atoms with Crippen molar-refractivity contribution in [1.29, 1.82) is 0 Å². The Kier molecular flexibility index (Phi) is 4.57. The Morgan fingerprint density at radius 3 is 3.10 bits per heavy atom. The second-order valence-corrected chi connectivity index (χ2v) is 6.03. The zero-order valence-corrected chi connectivity index (χ0v) is 13.2. The van der Waals surface area contributed by atoms with Gasteiger partial charge < -0.3 is 5.32 Å². The normalized spacial score (nSPS) is 17.5. The number of hydrogen-bond donors (Lipinski definition) is 1. The third-order valence-corrected chi connectivity index (χ3v) is 4.60. The van der Waals surface area contributed by atoms with Crippen LogP contribution in [0.2, 0.25) is 5.02 Å². The van der Waals surface area contributed by atoms with Crippen LogP contribution in [0.5, 0.6) is 0 Å². The fourth-order valence-corrected chi connectivity index (χ4v) is 3.32. The number of pyridine rings is 1. The Morgan fingerprint density at radius 2 is 2.24 bits per heavy atom. The minimum absolute atomic E-state index is 0.410. The molecule has 0 fully saturated rings. The molecular weight excluding hydrogens is 280 g/mol. The van der Waals surface area contributed by atoms with Crippen molar-refractivity contribution >= 4 is 11.6 Å². The molecule has 0 amide bonds. The Bertz CT molecular complexity index is 624. The van der Waals surface area contributed by atoms with E-state index in [0.29, 0.717) is 5.92 Å². The van der Waals surface area contributed by atoms with E-state index in [1.165, 1.54) is 35.2 Å². The minimum Gasteiger partial charge on any atom is -0.313 e. The van der Waals surface area contributed by atoms with Crippen LogP contribution in [0.15, 0.2) is 36.5 Å². The van der Waals surface area contributed by atoms with Crippen molar-refractivity contribution in [2.45, 2.75) is 38.6 Å². The number of nitrogens with zero attached hydrogens (tertiary/aromatic N) is 1. The van der Waals surface area contributed by atoms with Crippen LogP contribution in [0, 0.1) is 0 Å². The largest absolute Gasteiger partial charge is 0.313 e. The van der Waals surface area contributed by atoms with E-state index in [-0.39, 0.29) is 0 Å². The maximum absolute atomic E-state index is 6.32. The van der Waals surface area contributed by atoms with Crippen LogP contribution in [0.25, 0.3) is 0 Å². The summed E-state index contributed by atoms with van der Waals surface area (Å²) < 4.78 is 0. The summed E-state index contributed by atoms with van der Waals surface area (Å²) in [7, 11) is 0. The van der Waals surface area contributed by atoms with Crippen molar-refractivity contribution in [1.82, 2.24) is 10.3 Å². The van der Waals surface area contributed by atoms with E-state index < -0.39 is 0 Å². The molecule has 1 aliphatic carbocycles. The van der Waals surface area contributed by atoms with E-state index in [2.05, 4.69) is 35.4 Å². The van der Waals surface area contributed by atoms with Gasteiger partial charge in [-0.05, 0) is 54.6 Å². The predicted molar refractivity (Wildman–Crippen MR) is 87.9 cm³/mol. The van der Waals surface area contributed by atoms with Gasteiger partial charge in [-0.3, -0.25) is 4.98 Å². The van der Waals surface area contributed by atoms with Crippen LogP contribution in [0.1, 0.15) is 48.1 Å². The van der Waals surface area contributed by atoms with Crippen LogP contribution >= 0.6 is 11.6 Å². The summed E-state index contributed by atoms with van der Waals surface area (Å²) in [6.45, 7) is 3.89. The maximum Gasteiger partial charge on any atom is 0.0510 e.